The summed E-state index contributed by atoms with van der Waals surface area (Å²) in [4.78, 5) is 25.6. The molecule has 1 atom stereocenters. The van der Waals surface area contributed by atoms with Crippen LogP contribution < -0.4 is 5.32 Å². The van der Waals surface area contributed by atoms with E-state index in [1.54, 1.807) is 0 Å². The van der Waals surface area contributed by atoms with Crippen LogP contribution >= 0.6 is 0 Å². The second-order valence-corrected chi connectivity index (χ2v) is 4.88. The molecule has 2 rings (SSSR count). The number of nitrogens with zero attached hydrogens (tertiary/aromatic N) is 1. The molecule has 1 unspecified atom stereocenters. The minimum Gasteiger partial charge on any atom is -0.352 e. The number of rotatable bonds is 3. The van der Waals surface area contributed by atoms with Crippen molar-refractivity contribution in [1.82, 2.24) is 10.2 Å². The molecule has 4 nitrogen and oxygen atoms in total. The Kier molecular flexibility index (Phi) is 4.55. The second kappa shape index (κ2) is 6.36. The SMILES string of the molecule is CCC(=O)NC1CCCN(C(=O)c2ccccc2)C1. The third-order valence-electron chi connectivity index (χ3n) is 3.42. The van der Waals surface area contributed by atoms with Gasteiger partial charge in [-0.05, 0) is 25.0 Å². The normalized spacial score (nSPS) is 19.0. The Morgan fingerprint density at radius 3 is 2.74 bits per heavy atom. The van der Waals surface area contributed by atoms with E-state index in [0.717, 1.165) is 19.4 Å². The Morgan fingerprint density at radius 1 is 1.32 bits per heavy atom. The molecule has 1 aromatic carbocycles. The lowest BCUT2D eigenvalue weighted by atomic mass is 10.0. The molecule has 1 fully saturated rings. The number of hydrogen-bond acceptors (Lipinski definition) is 2. The molecular weight excluding hydrogens is 240 g/mol. The fourth-order valence-electron chi connectivity index (χ4n) is 2.37. The number of hydrogen-bond donors (Lipinski definition) is 1. The van der Waals surface area contributed by atoms with E-state index >= 15 is 0 Å². The quantitative estimate of drug-likeness (QED) is 0.901. The molecule has 1 aliphatic heterocycles. The van der Waals surface area contributed by atoms with E-state index in [-0.39, 0.29) is 17.9 Å². The second-order valence-electron chi connectivity index (χ2n) is 4.88. The van der Waals surface area contributed by atoms with Gasteiger partial charge in [-0.1, -0.05) is 25.1 Å². The summed E-state index contributed by atoms with van der Waals surface area (Å²) < 4.78 is 0. The summed E-state index contributed by atoms with van der Waals surface area (Å²) in [5, 5.41) is 2.97. The zero-order valence-corrected chi connectivity index (χ0v) is 11.3. The largest absolute Gasteiger partial charge is 0.352 e. The van der Waals surface area contributed by atoms with Crippen LogP contribution in [0, 0.1) is 0 Å². The van der Waals surface area contributed by atoms with Crippen LogP contribution in [-0.2, 0) is 4.79 Å². The molecule has 0 aromatic heterocycles. The maximum atomic E-state index is 12.3. The molecule has 19 heavy (non-hydrogen) atoms. The number of benzene rings is 1. The molecular formula is C15H20N2O2. The van der Waals surface area contributed by atoms with Gasteiger partial charge in [-0.25, -0.2) is 0 Å². The standard InChI is InChI=1S/C15H20N2O2/c1-2-14(18)16-13-9-6-10-17(11-13)15(19)12-7-4-3-5-8-12/h3-5,7-8,13H,2,6,9-11H2,1H3,(H,16,18). The van der Waals surface area contributed by atoms with Crippen molar-refractivity contribution < 1.29 is 9.59 Å². The molecule has 0 bridgehead atoms. The molecule has 0 radical (unpaired) electrons. The fourth-order valence-corrected chi connectivity index (χ4v) is 2.37. The van der Waals surface area contributed by atoms with Gasteiger partial charge in [0.15, 0.2) is 0 Å². The van der Waals surface area contributed by atoms with Crippen molar-refractivity contribution in [2.75, 3.05) is 13.1 Å². The van der Waals surface area contributed by atoms with Gasteiger partial charge in [0.25, 0.3) is 5.91 Å². The van der Waals surface area contributed by atoms with Gasteiger partial charge in [-0.15, -0.1) is 0 Å². The van der Waals surface area contributed by atoms with E-state index < -0.39 is 0 Å². The maximum Gasteiger partial charge on any atom is 0.253 e. The van der Waals surface area contributed by atoms with Gasteiger partial charge in [0.05, 0.1) is 0 Å². The van der Waals surface area contributed by atoms with Crippen molar-refractivity contribution in [3.8, 4) is 0 Å². The molecule has 0 spiro atoms. The van der Waals surface area contributed by atoms with E-state index in [1.807, 2.05) is 42.2 Å². The first kappa shape index (κ1) is 13.6. The van der Waals surface area contributed by atoms with Crippen molar-refractivity contribution >= 4 is 11.8 Å². The van der Waals surface area contributed by atoms with Gasteiger partial charge in [0.1, 0.15) is 0 Å². The van der Waals surface area contributed by atoms with Crippen molar-refractivity contribution in [2.45, 2.75) is 32.2 Å². The summed E-state index contributed by atoms with van der Waals surface area (Å²) in [5.41, 5.74) is 0.713. The van der Waals surface area contributed by atoms with Gasteiger partial charge in [-0.3, -0.25) is 9.59 Å². The van der Waals surface area contributed by atoms with Crippen LogP contribution in [0.5, 0.6) is 0 Å². The van der Waals surface area contributed by atoms with E-state index in [2.05, 4.69) is 5.32 Å². The van der Waals surface area contributed by atoms with E-state index in [0.29, 0.717) is 18.5 Å². The Bertz CT molecular complexity index is 445. The summed E-state index contributed by atoms with van der Waals surface area (Å²) in [7, 11) is 0. The van der Waals surface area contributed by atoms with Gasteiger partial charge in [0, 0.05) is 31.1 Å². The number of carbonyl (C=O) groups excluding carboxylic acids is 2. The average Bonchev–Trinajstić information content (AvgIpc) is 2.47. The topological polar surface area (TPSA) is 49.4 Å². The highest BCUT2D eigenvalue weighted by Crippen LogP contribution is 2.14. The summed E-state index contributed by atoms with van der Waals surface area (Å²) in [6.07, 6.45) is 2.38. The first-order chi connectivity index (χ1) is 9.20. The minimum absolute atomic E-state index is 0.0519. The molecule has 1 N–H and O–H groups in total. The number of carbonyl (C=O) groups is 2. The monoisotopic (exact) mass is 260 g/mol. The van der Waals surface area contributed by atoms with Crippen LogP contribution in [0.25, 0.3) is 0 Å². The lowest BCUT2D eigenvalue weighted by Gasteiger charge is -2.33. The smallest absolute Gasteiger partial charge is 0.253 e. The predicted molar refractivity (Wildman–Crippen MR) is 73.8 cm³/mol. The Morgan fingerprint density at radius 2 is 2.05 bits per heavy atom. The molecule has 1 aromatic rings. The van der Waals surface area contributed by atoms with Gasteiger partial charge in [0.2, 0.25) is 5.91 Å². The minimum atomic E-state index is 0.0519. The Balaban J connectivity index is 1.97. The van der Waals surface area contributed by atoms with Crippen LogP contribution in [0.2, 0.25) is 0 Å². The van der Waals surface area contributed by atoms with Crippen molar-refractivity contribution in [3.05, 3.63) is 35.9 Å². The number of piperidine rings is 1. The molecule has 1 aliphatic rings. The maximum absolute atomic E-state index is 12.3. The third kappa shape index (κ3) is 3.56. The van der Waals surface area contributed by atoms with Crippen molar-refractivity contribution in [3.63, 3.8) is 0 Å². The highest BCUT2D eigenvalue weighted by molar-refractivity contribution is 5.94. The zero-order valence-electron chi connectivity index (χ0n) is 11.3. The average molecular weight is 260 g/mol. The zero-order chi connectivity index (χ0) is 13.7. The first-order valence-electron chi connectivity index (χ1n) is 6.84. The highest BCUT2D eigenvalue weighted by Gasteiger charge is 2.24. The Hall–Kier alpha value is -1.84. The summed E-state index contributed by atoms with van der Waals surface area (Å²) in [6.45, 7) is 3.22. The first-order valence-corrected chi connectivity index (χ1v) is 6.84. The van der Waals surface area contributed by atoms with Crippen molar-refractivity contribution in [1.29, 1.82) is 0 Å². The molecule has 2 amide bonds. The Labute approximate surface area is 113 Å². The number of nitrogens with one attached hydrogen (secondary N) is 1. The lowest BCUT2D eigenvalue weighted by molar-refractivity contribution is -0.121. The molecule has 1 saturated heterocycles. The molecule has 0 aliphatic carbocycles. The number of likely N-dealkylation sites (tertiary alicyclic amines) is 1. The van der Waals surface area contributed by atoms with Crippen LogP contribution in [0.3, 0.4) is 0 Å². The molecule has 1 heterocycles. The van der Waals surface area contributed by atoms with E-state index in [4.69, 9.17) is 0 Å². The van der Waals surface area contributed by atoms with E-state index in [9.17, 15) is 9.59 Å². The lowest BCUT2D eigenvalue weighted by Crippen LogP contribution is -2.49. The molecule has 4 heteroatoms. The van der Waals surface area contributed by atoms with Crippen LogP contribution in [0.1, 0.15) is 36.5 Å². The van der Waals surface area contributed by atoms with Gasteiger partial charge in [-0.2, -0.15) is 0 Å². The van der Waals surface area contributed by atoms with E-state index in [1.165, 1.54) is 0 Å². The highest BCUT2D eigenvalue weighted by atomic mass is 16.2. The third-order valence-corrected chi connectivity index (χ3v) is 3.42. The van der Waals surface area contributed by atoms with Crippen LogP contribution in [0.15, 0.2) is 30.3 Å². The molecule has 102 valence electrons. The summed E-state index contributed by atoms with van der Waals surface area (Å²) in [5.74, 6) is 0.107. The number of amides is 2. The fraction of sp³-hybridized carbons (Fsp3) is 0.467. The summed E-state index contributed by atoms with van der Waals surface area (Å²) >= 11 is 0. The predicted octanol–water partition coefficient (Wildman–Crippen LogP) is 1.82. The van der Waals surface area contributed by atoms with Crippen molar-refractivity contribution in [2.24, 2.45) is 0 Å². The molecule has 0 saturated carbocycles. The van der Waals surface area contributed by atoms with Gasteiger partial charge < -0.3 is 10.2 Å². The van der Waals surface area contributed by atoms with Gasteiger partial charge >= 0.3 is 0 Å². The van der Waals surface area contributed by atoms with Crippen LogP contribution in [0.4, 0.5) is 0 Å². The summed E-state index contributed by atoms with van der Waals surface area (Å²) in [6, 6.07) is 9.39. The van der Waals surface area contributed by atoms with Crippen LogP contribution in [-0.4, -0.2) is 35.8 Å².